The van der Waals surface area contributed by atoms with Crippen molar-refractivity contribution in [2.45, 2.75) is 12.5 Å². The number of hydrogen-bond acceptors (Lipinski definition) is 4. The van der Waals surface area contributed by atoms with Crippen LogP contribution in [0.15, 0.2) is 36.4 Å². The molecule has 2 aliphatic heterocycles. The van der Waals surface area contributed by atoms with Crippen LogP contribution in [0.2, 0.25) is 5.02 Å². The minimum atomic E-state index is -0.362. The fourth-order valence-electron chi connectivity index (χ4n) is 2.63. The van der Waals surface area contributed by atoms with E-state index in [1.165, 1.54) is 0 Å². The summed E-state index contributed by atoms with van der Waals surface area (Å²) in [5.74, 6) is 1.80. The summed E-state index contributed by atoms with van der Waals surface area (Å²) in [6, 6.07) is 10.8. The van der Waals surface area contributed by atoms with Crippen LogP contribution in [0.1, 0.15) is 28.4 Å². The molecule has 0 radical (unpaired) electrons. The van der Waals surface area contributed by atoms with E-state index in [0.717, 1.165) is 5.56 Å². The maximum absolute atomic E-state index is 12.2. The van der Waals surface area contributed by atoms with E-state index in [1.807, 2.05) is 18.2 Å². The lowest BCUT2D eigenvalue weighted by atomic mass is 9.96. The summed E-state index contributed by atoms with van der Waals surface area (Å²) in [7, 11) is 0. The summed E-state index contributed by atoms with van der Waals surface area (Å²) in [5, 5.41) is 0.468. The highest BCUT2D eigenvalue weighted by Gasteiger charge is 2.29. The Bertz CT molecular complexity index is 741. The van der Waals surface area contributed by atoms with Crippen molar-refractivity contribution in [1.29, 1.82) is 0 Å². The van der Waals surface area contributed by atoms with Crippen molar-refractivity contribution < 1.29 is 19.0 Å². The van der Waals surface area contributed by atoms with Gasteiger partial charge in [-0.05, 0) is 29.8 Å². The predicted molar refractivity (Wildman–Crippen MR) is 76.3 cm³/mol. The summed E-state index contributed by atoms with van der Waals surface area (Å²) >= 11 is 6.19. The Hall–Kier alpha value is -2.20. The van der Waals surface area contributed by atoms with Gasteiger partial charge in [-0.15, -0.1) is 0 Å². The number of ketones is 1. The highest BCUT2D eigenvalue weighted by atomic mass is 35.5. The van der Waals surface area contributed by atoms with Gasteiger partial charge < -0.3 is 14.2 Å². The van der Waals surface area contributed by atoms with Crippen LogP contribution >= 0.6 is 11.6 Å². The molecule has 0 aromatic heterocycles. The number of halogens is 1. The molecule has 0 N–H and O–H groups in total. The topological polar surface area (TPSA) is 44.8 Å². The number of para-hydroxylation sites is 1. The first-order valence-corrected chi connectivity index (χ1v) is 6.98. The molecule has 4 rings (SSSR count). The van der Waals surface area contributed by atoms with E-state index in [-0.39, 0.29) is 25.1 Å². The van der Waals surface area contributed by atoms with Gasteiger partial charge in [-0.25, -0.2) is 0 Å². The molecule has 5 heteroatoms. The molecule has 1 atom stereocenters. The second-order valence-corrected chi connectivity index (χ2v) is 5.37. The molecule has 0 saturated heterocycles. The van der Waals surface area contributed by atoms with E-state index < -0.39 is 0 Å². The molecule has 0 spiro atoms. The molecule has 4 nitrogen and oxygen atoms in total. The lowest BCUT2D eigenvalue weighted by Crippen LogP contribution is -2.20. The quantitative estimate of drug-likeness (QED) is 0.804. The number of Topliss-reactive ketones (excluding diaryl/α,β-unsaturated/α-hetero) is 1. The molecule has 0 bridgehead atoms. The van der Waals surface area contributed by atoms with E-state index in [2.05, 4.69) is 0 Å². The van der Waals surface area contributed by atoms with Crippen molar-refractivity contribution in [2.24, 2.45) is 0 Å². The van der Waals surface area contributed by atoms with Crippen molar-refractivity contribution >= 4 is 17.4 Å². The maximum atomic E-state index is 12.2. The fraction of sp³-hybridized carbons (Fsp3) is 0.188. The number of fused-ring (bicyclic) bond motifs is 2. The van der Waals surface area contributed by atoms with E-state index >= 15 is 0 Å². The van der Waals surface area contributed by atoms with E-state index in [4.69, 9.17) is 25.8 Å². The Labute approximate surface area is 126 Å². The maximum Gasteiger partial charge on any atom is 0.231 e. The molecule has 2 aromatic rings. The molecule has 2 aliphatic rings. The van der Waals surface area contributed by atoms with Gasteiger partial charge in [0.2, 0.25) is 6.79 Å². The fourth-order valence-corrected chi connectivity index (χ4v) is 2.91. The number of benzene rings is 2. The van der Waals surface area contributed by atoms with Crippen LogP contribution in [-0.4, -0.2) is 12.6 Å². The number of rotatable bonds is 1. The van der Waals surface area contributed by atoms with Crippen molar-refractivity contribution in [3.8, 4) is 17.2 Å². The van der Waals surface area contributed by atoms with Gasteiger partial charge in [-0.3, -0.25) is 4.79 Å². The average Bonchev–Trinajstić information content (AvgIpc) is 2.96. The second-order valence-electron chi connectivity index (χ2n) is 4.97. The van der Waals surface area contributed by atoms with Gasteiger partial charge in [0.05, 0.1) is 17.0 Å². The zero-order valence-electron chi connectivity index (χ0n) is 11.0. The number of hydrogen-bond donors (Lipinski definition) is 0. The zero-order valence-corrected chi connectivity index (χ0v) is 11.7. The third-order valence-corrected chi connectivity index (χ3v) is 3.93. The number of ether oxygens (including phenoxy) is 3. The Kier molecular flexibility index (Phi) is 2.79. The van der Waals surface area contributed by atoms with Crippen LogP contribution in [0.3, 0.4) is 0 Å². The Morgan fingerprint density at radius 2 is 1.95 bits per heavy atom. The normalized spacial score (nSPS) is 19.1. The van der Waals surface area contributed by atoms with Crippen LogP contribution in [0.4, 0.5) is 0 Å². The van der Waals surface area contributed by atoms with Gasteiger partial charge in [-0.2, -0.15) is 0 Å². The Morgan fingerprint density at radius 3 is 2.86 bits per heavy atom. The minimum absolute atomic E-state index is 0.0654. The minimum Gasteiger partial charge on any atom is -0.484 e. The molecule has 21 heavy (non-hydrogen) atoms. The summed E-state index contributed by atoms with van der Waals surface area (Å²) in [6.07, 6.45) is -0.0770. The molecule has 0 fully saturated rings. The lowest BCUT2D eigenvalue weighted by molar-refractivity contribution is 0.0849. The van der Waals surface area contributed by atoms with Crippen molar-refractivity contribution in [3.63, 3.8) is 0 Å². The molecular formula is C16H11ClO4. The molecule has 106 valence electrons. The van der Waals surface area contributed by atoms with Crippen LogP contribution < -0.4 is 14.2 Å². The Balaban J connectivity index is 1.73. The van der Waals surface area contributed by atoms with Gasteiger partial charge in [0, 0.05) is 0 Å². The first-order valence-electron chi connectivity index (χ1n) is 6.60. The van der Waals surface area contributed by atoms with Gasteiger partial charge in [0.25, 0.3) is 0 Å². The van der Waals surface area contributed by atoms with Crippen molar-refractivity contribution in [2.75, 3.05) is 6.79 Å². The van der Waals surface area contributed by atoms with E-state index in [1.54, 1.807) is 18.2 Å². The van der Waals surface area contributed by atoms with Gasteiger partial charge in [-0.1, -0.05) is 23.7 Å². The number of carbonyl (C=O) groups excluding carboxylic acids is 1. The standard InChI is InChI=1S/C16H11ClO4/c17-11-5-9(6-15-16(11)20-8-19-15)14-7-12(18)10-3-1-2-4-13(10)21-14/h1-6,14H,7-8H2. The van der Waals surface area contributed by atoms with E-state index in [0.29, 0.717) is 27.8 Å². The SMILES string of the molecule is O=C1CC(c2cc(Cl)c3c(c2)OCO3)Oc2ccccc21. The van der Waals surface area contributed by atoms with Crippen LogP contribution in [-0.2, 0) is 0 Å². The summed E-state index contributed by atoms with van der Waals surface area (Å²) in [5.41, 5.74) is 1.44. The Morgan fingerprint density at radius 1 is 1.10 bits per heavy atom. The molecular weight excluding hydrogens is 292 g/mol. The predicted octanol–water partition coefficient (Wildman–Crippen LogP) is 3.78. The highest BCUT2D eigenvalue weighted by molar-refractivity contribution is 6.32. The third kappa shape index (κ3) is 2.03. The van der Waals surface area contributed by atoms with E-state index in [9.17, 15) is 4.79 Å². The second kappa shape index (κ2) is 4.67. The van der Waals surface area contributed by atoms with Gasteiger partial charge in [0.15, 0.2) is 17.3 Å². The smallest absolute Gasteiger partial charge is 0.231 e. The van der Waals surface area contributed by atoms with Crippen LogP contribution in [0, 0.1) is 0 Å². The van der Waals surface area contributed by atoms with Crippen molar-refractivity contribution in [1.82, 2.24) is 0 Å². The first kappa shape index (κ1) is 12.5. The van der Waals surface area contributed by atoms with Crippen molar-refractivity contribution in [3.05, 3.63) is 52.5 Å². The molecule has 0 aliphatic carbocycles. The monoisotopic (exact) mass is 302 g/mol. The third-order valence-electron chi connectivity index (χ3n) is 3.65. The molecule has 0 saturated carbocycles. The first-order chi connectivity index (χ1) is 10.2. The molecule has 1 unspecified atom stereocenters. The number of carbonyl (C=O) groups is 1. The van der Waals surface area contributed by atoms with Crippen LogP contribution in [0.5, 0.6) is 17.2 Å². The summed E-state index contributed by atoms with van der Waals surface area (Å²) in [4.78, 5) is 12.2. The van der Waals surface area contributed by atoms with Gasteiger partial charge >= 0.3 is 0 Å². The molecule has 2 aromatic carbocycles. The molecule has 2 heterocycles. The molecule has 0 amide bonds. The summed E-state index contributed by atoms with van der Waals surface area (Å²) < 4.78 is 16.6. The zero-order chi connectivity index (χ0) is 14.4. The summed E-state index contributed by atoms with van der Waals surface area (Å²) in [6.45, 7) is 0.159. The highest BCUT2D eigenvalue weighted by Crippen LogP contribution is 2.43. The lowest BCUT2D eigenvalue weighted by Gasteiger charge is -2.25. The largest absolute Gasteiger partial charge is 0.484 e. The average molecular weight is 303 g/mol. The van der Waals surface area contributed by atoms with Crippen LogP contribution in [0.25, 0.3) is 0 Å². The van der Waals surface area contributed by atoms with Gasteiger partial charge in [0.1, 0.15) is 11.9 Å².